The fourth-order valence-corrected chi connectivity index (χ4v) is 3.67. The van der Waals surface area contributed by atoms with Crippen molar-refractivity contribution in [3.8, 4) is 0 Å². The highest BCUT2D eigenvalue weighted by Crippen LogP contribution is 2.29. The largest absolute Gasteiger partial charge is 0.375 e. The van der Waals surface area contributed by atoms with E-state index in [0.717, 1.165) is 32.5 Å². The van der Waals surface area contributed by atoms with Gasteiger partial charge in [0.05, 0.1) is 12.7 Å². The maximum absolute atomic E-state index is 6.29. The van der Waals surface area contributed by atoms with Gasteiger partial charge >= 0.3 is 0 Å². The van der Waals surface area contributed by atoms with Gasteiger partial charge in [-0.3, -0.25) is 4.90 Å². The Balaban J connectivity index is 1.78. The smallest absolute Gasteiger partial charge is 0.0730 e. The topological polar surface area (TPSA) is 38.5 Å². The van der Waals surface area contributed by atoms with E-state index < -0.39 is 0 Å². The van der Waals surface area contributed by atoms with Crippen molar-refractivity contribution in [1.29, 1.82) is 0 Å². The quantitative estimate of drug-likeness (QED) is 0.852. The third kappa shape index (κ3) is 4.73. The molecule has 1 saturated heterocycles. The van der Waals surface area contributed by atoms with Crippen LogP contribution in [0.2, 0.25) is 0 Å². The summed E-state index contributed by atoms with van der Waals surface area (Å²) in [6.07, 6.45) is 8.04. The van der Waals surface area contributed by atoms with Crippen LogP contribution in [0.25, 0.3) is 0 Å². The number of fused-ring (bicyclic) bond motifs is 1. The third-order valence-electron chi connectivity index (χ3n) is 4.51. The molecule has 1 saturated carbocycles. The molecule has 0 aromatic rings. The van der Waals surface area contributed by atoms with E-state index in [1.54, 1.807) is 0 Å². The molecule has 2 fully saturated rings. The monoisotopic (exact) mass is 268 g/mol. The van der Waals surface area contributed by atoms with Gasteiger partial charge in [-0.05, 0) is 31.1 Å². The van der Waals surface area contributed by atoms with E-state index in [0.29, 0.717) is 23.6 Å². The number of nitrogens with zero attached hydrogens (tertiary/aromatic N) is 1. The molecule has 0 aromatic heterocycles. The first-order valence-electron chi connectivity index (χ1n) is 8.07. The molecule has 1 aliphatic carbocycles. The van der Waals surface area contributed by atoms with E-state index in [2.05, 4.69) is 25.7 Å². The second-order valence-electron chi connectivity index (χ2n) is 7.61. The summed E-state index contributed by atoms with van der Waals surface area (Å²) in [6, 6.07) is 1.01. The van der Waals surface area contributed by atoms with Gasteiger partial charge in [-0.2, -0.15) is 0 Å². The molecule has 0 radical (unpaired) electrons. The zero-order valence-corrected chi connectivity index (χ0v) is 13.0. The Morgan fingerprint density at radius 2 is 2.00 bits per heavy atom. The van der Waals surface area contributed by atoms with Crippen LogP contribution in [-0.4, -0.2) is 42.8 Å². The van der Waals surface area contributed by atoms with E-state index in [1.807, 2.05) is 0 Å². The summed E-state index contributed by atoms with van der Waals surface area (Å²) < 4.78 is 5.93. The average Bonchev–Trinajstić information content (AvgIpc) is 2.34. The number of nitrogens with two attached hydrogens (primary N) is 1. The van der Waals surface area contributed by atoms with Crippen LogP contribution in [0.3, 0.4) is 0 Å². The Morgan fingerprint density at radius 3 is 2.74 bits per heavy atom. The molecule has 2 N–H and O–H groups in total. The van der Waals surface area contributed by atoms with Crippen molar-refractivity contribution in [2.45, 2.75) is 77.5 Å². The molecule has 1 heterocycles. The lowest BCUT2D eigenvalue weighted by Crippen LogP contribution is -2.53. The molecule has 0 spiro atoms. The van der Waals surface area contributed by atoms with Crippen molar-refractivity contribution < 1.29 is 4.74 Å². The fourth-order valence-electron chi connectivity index (χ4n) is 3.67. The van der Waals surface area contributed by atoms with Crippen LogP contribution in [0.1, 0.15) is 59.3 Å². The second-order valence-corrected chi connectivity index (χ2v) is 7.61. The summed E-state index contributed by atoms with van der Waals surface area (Å²) in [5.41, 5.74) is 6.63. The van der Waals surface area contributed by atoms with Crippen LogP contribution in [0.15, 0.2) is 0 Å². The van der Waals surface area contributed by atoms with Crippen molar-refractivity contribution >= 4 is 0 Å². The lowest BCUT2D eigenvalue weighted by molar-refractivity contribution is -0.0886. The molecule has 3 atom stereocenters. The van der Waals surface area contributed by atoms with E-state index in [4.69, 9.17) is 10.5 Å². The van der Waals surface area contributed by atoms with Crippen molar-refractivity contribution in [3.63, 3.8) is 0 Å². The van der Waals surface area contributed by atoms with E-state index in [-0.39, 0.29) is 0 Å². The molecule has 0 aromatic carbocycles. The van der Waals surface area contributed by atoms with Crippen LogP contribution >= 0.6 is 0 Å². The van der Waals surface area contributed by atoms with Crippen LogP contribution in [0, 0.1) is 5.41 Å². The first-order chi connectivity index (χ1) is 8.96. The number of morpholine rings is 1. The lowest BCUT2D eigenvalue weighted by atomic mass is 9.86. The maximum Gasteiger partial charge on any atom is 0.0730 e. The van der Waals surface area contributed by atoms with Crippen LogP contribution < -0.4 is 5.73 Å². The Bertz CT molecular complexity index is 272. The summed E-state index contributed by atoms with van der Waals surface area (Å²) in [7, 11) is 0. The van der Waals surface area contributed by atoms with Gasteiger partial charge in [-0.15, -0.1) is 0 Å². The first kappa shape index (κ1) is 15.3. The predicted molar refractivity (Wildman–Crippen MR) is 80.2 cm³/mol. The number of hydrogen-bond acceptors (Lipinski definition) is 3. The van der Waals surface area contributed by atoms with E-state index in [9.17, 15) is 0 Å². The standard InChI is InChI=1S/C16H32N2O/c1-16(2,3)12-13(17)8-9-18-10-11-19-15-7-5-4-6-14(15)18/h13-15H,4-12,17H2,1-3H3. The van der Waals surface area contributed by atoms with Crippen molar-refractivity contribution in [1.82, 2.24) is 4.90 Å². The molecular weight excluding hydrogens is 236 g/mol. The average molecular weight is 268 g/mol. The fraction of sp³-hybridized carbons (Fsp3) is 1.00. The van der Waals surface area contributed by atoms with Crippen molar-refractivity contribution in [2.24, 2.45) is 11.1 Å². The SMILES string of the molecule is CC(C)(C)CC(N)CCN1CCOC2CCCCC21. The van der Waals surface area contributed by atoms with Crippen molar-refractivity contribution in [3.05, 3.63) is 0 Å². The molecule has 112 valence electrons. The van der Waals surface area contributed by atoms with Gasteiger partial charge in [0.2, 0.25) is 0 Å². The molecule has 19 heavy (non-hydrogen) atoms. The maximum atomic E-state index is 6.29. The Labute approximate surface area is 118 Å². The van der Waals surface area contributed by atoms with Crippen LogP contribution in [0.5, 0.6) is 0 Å². The molecule has 0 bridgehead atoms. The summed E-state index contributed by atoms with van der Waals surface area (Å²) in [4.78, 5) is 2.65. The van der Waals surface area contributed by atoms with Gasteiger partial charge in [-0.1, -0.05) is 33.6 Å². The summed E-state index contributed by atoms with van der Waals surface area (Å²) in [5.74, 6) is 0. The molecule has 1 aliphatic heterocycles. The van der Waals surface area contributed by atoms with Gasteiger partial charge in [0.15, 0.2) is 0 Å². The number of ether oxygens (including phenoxy) is 1. The normalized spacial score (nSPS) is 30.9. The summed E-state index contributed by atoms with van der Waals surface area (Å²) in [5, 5.41) is 0. The zero-order valence-electron chi connectivity index (χ0n) is 13.0. The Kier molecular flexibility index (Phi) is 5.27. The number of hydrogen-bond donors (Lipinski definition) is 1. The van der Waals surface area contributed by atoms with Gasteiger partial charge in [-0.25, -0.2) is 0 Å². The molecular formula is C16H32N2O. The molecule has 3 unspecified atom stereocenters. The highest BCUT2D eigenvalue weighted by atomic mass is 16.5. The predicted octanol–water partition coefficient (Wildman–Crippen LogP) is 2.78. The Morgan fingerprint density at radius 1 is 1.26 bits per heavy atom. The highest BCUT2D eigenvalue weighted by Gasteiger charge is 2.33. The van der Waals surface area contributed by atoms with Crippen LogP contribution in [-0.2, 0) is 4.74 Å². The second kappa shape index (κ2) is 6.55. The van der Waals surface area contributed by atoms with Gasteiger partial charge in [0, 0.05) is 25.2 Å². The van der Waals surface area contributed by atoms with E-state index >= 15 is 0 Å². The number of rotatable bonds is 4. The summed E-state index contributed by atoms with van der Waals surface area (Å²) >= 11 is 0. The minimum absolute atomic E-state index is 0.338. The molecule has 3 nitrogen and oxygen atoms in total. The minimum atomic E-state index is 0.338. The van der Waals surface area contributed by atoms with Crippen LogP contribution in [0.4, 0.5) is 0 Å². The molecule has 3 heteroatoms. The zero-order chi connectivity index (χ0) is 13.9. The first-order valence-corrected chi connectivity index (χ1v) is 8.07. The third-order valence-corrected chi connectivity index (χ3v) is 4.51. The van der Waals surface area contributed by atoms with E-state index in [1.165, 1.54) is 25.7 Å². The molecule has 0 amide bonds. The van der Waals surface area contributed by atoms with Gasteiger partial charge < -0.3 is 10.5 Å². The van der Waals surface area contributed by atoms with Gasteiger partial charge in [0.25, 0.3) is 0 Å². The molecule has 2 aliphatic rings. The lowest BCUT2D eigenvalue weighted by Gasteiger charge is -2.44. The molecule has 2 rings (SSSR count). The minimum Gasteiger partial charge on any atom is -0.375 e. The summed E-state index contributed by atoms with van der Waals surface area (Å²) in [6.45, 7) is 10.00. The van der Waals surface area contributed by atoms with Gasteiger partial charge in [0.1, 0.15) is 0 Å². The Hall–Kier alpha value is -0.120. The van der Waals surface area contributed by atoms with Crippen molar-refractivity contribution in [2.75, 3.05) is 19.7 Å². The highest BCUT2D eigenvalue weighted by molar-refractivity contribution is 4.88.